The zero-order chi connectivity index (χ0) is 19.2. The van der Waals surface area contributed by atoms with E-state index in [0.717, 1.165) is 19.3 Å². The van der Waals surface area contributed by atoms with Gasteiger partial charge in [0.05, 0.1) is 6.54 Å². The minimum atomic E-state index is -0.557. The maximum absolute atomic E-state index is 13.4. The normalized spacial score (nSPS) is 16.6. The Bertz CT molecular complexity index is 846. The Morgan fingerprint density at radius 3 is 3.04 bits per heavy atom. The molecule has 146 valence electrons. The van der Waals surface area contributed by atoms with Crippen molar-refractivity contribution in [2.24, 2.45) is 0 Å². The van der Waals surface area contributed by atoms with Crippen LogP contribution < -0.4 is 11.0 Å². The van der Waals surface area contributed by atoms with Crippen LogP contribution in [0.25, 0.3) is 0 Å². The number of rotatable bonds is 7. The lowest BCUT2D eigenvalue weighted by atomic mass is 10.1. The van der Waals surface area contributed by atoms with Gasteiger partial charge in [-0.05, 0) is 37.0 Å². The number of fused-ring (bicyclic) bond motifs is 1. The predicted octanol–water partition coefficient (Wildman–Crippen LogP) is 1.65. The molecule has 0 bridgehead atoms. The summed E-state index contributed by atoms with van der Waals surface area (Å²) in [4.78, 5) is 25.6. The first-order valence-electron chi connectivity index (χ1n) is 9.29. The quantitative estimate of drug-likeness (QED) is 0.746. The molecule has 1 N–H and O–H groups in total. The number of hydrogen-bond acceptors (Lipinski definition) is 4. The number of nitrogens with one attached hydrogen (secondary N) is 1. The molecule has 0 aliphatic carbocycles. The maximum atomic E-state index is 13.4. The third-order valence-electron chi connectivity index (χ3n) is 4.73. The molecule has 1 amide bonds. The van der Waals surface area contributed by atoms with Crippen LogP contribution in [-0.4, -0.2) is 40.5 Å². The average Bonchev–Trinajstić information content (AvgIpc) is 2.82. The van der Waals surface area contributed by atoms with Gasteiger partial charge in [-0.15, -0.1) is 0 Å². The average molecular weight is 376 g/mol. The summed E-state index contributed by atoms with van der Waals surface area (Å²) < 4.78 is 21.2. The molecule has 0 spiro atoms. The van der Waals surface area contributed by atoms with Gasteiger partial charge in [-0.2, -0.15) is 5.10 Å². The molecule has 0 fully saturated rings. The van der Waals surface area contributed by atoms with Gasteiger partial charge in [0, 0.05) is 26.7 Å². The molecule has 0 unspecified atom stereocenters. The van der Waals surface area contributed by atoms with Crippen molar-refractivity contribution in [3.63, 3.8) is 0 Å². The summed E-state index contributed by atoms with van der Waals surface area (Å²) in [5, 5.41) is 7.31. The first-order chi connectivity index (χ1) is 13.1. The summed E-state index contributed by atoms with van der Waals surface area (Å²) in [5.41, 5.74) is 0.333. The van der Waals surface area contributed by atoms with E-state index in [9.17, 15) is 14.0 Å². The van der Waals surface area contributed by atoms with E-state index in [1.165, 1.54) is 21.4 Å². The molecule has 2 heterocycles. The Morgan fingerprint density at radius 1 is 1.41 bits per heavy atom. The predicted molar refractivity (Wildman–Crippen MR) is 98.1 cm³/mol. The number of amides is 1. The van der Waals surface area contributed by atoms with E-state index in [1.54, 1.807) is 19.2 Å². The van der Waals surface area contributed by atoms with Gasteiger partial charge in [0.25, 0.3) is 0 Å². The van der Waals surface area contributed by atoms with Gasteiger partial charge < -0.3 is 10.1 Å². The lowest BCUT2D eigenvalue weighted by Gasteiger charge is -2.16. The van der Waals surface area contributed by atoms with E-state index in [1.807, 2.05) is 0 Å². The first-order valence-corrected chi connectivity index (χ1v) is 9.29. The molecule has 1 aromatic heterocycles. The standard InChI is InChI=1S/C19H25FN4O3/c1-27-11-5-10-21-18(25)16-8-2-3-9-17-22-23(19(26)24(16)17)13-14-6-4-7-15(20)12-14/h4,6-7,12,16H,2-3,5,8-11,13H2,1H3,(H,21,25)/t16-/m0/s1. The molecule has 0 radical (unpaired) electrons. The molecule has 3 rings (SSSR count). The number of ether oxygens (including phenoxy) is 1. The highest BCUT2D eigenvalue weighted by Gasteiger charge is 2.28. The van der Waals surface area contributed by atoms with Gasteiger partial charge in [0.15, 0.2) is 0 Å². The van der Waals surface area contributed by atoms with Gasteiger partial charge in [0.1, 0.15) is 17.7 Å². The number of aromatic nitrogens is 3. The van der Waals surface area contributed by atoms with Crippen molar-refractivity contribution >= 4 is 5.91 Å². The lowest BCUT2D eigenvalue weighted by Crippen LogP contribution is -2.38. The Hall–Kier alpha value is -2.48. The van der Waals surface area contributed by atoms with Crippen LogP contribution in [0.1, 0.15) is 43.1 Å². The number of hydrogen-bond donors (Lipinski definition) is 1. The number of benzene rings is 1. The van der Waals surface area contributed by atoms with Crippen LogP contribution in [0, 0.1) is 5.82 Å². The van der Waals surface area contributed by atoms with Crippen LogP contribution in [0.15, 0.2) is 29.1 Å². The smallest absolute Gasteiger partial charge is 0.346 e. The molecule has 2 aromatic rings. The minimum absolute atomic E-state index is 0.165. The first kappa shape index (κ1) is 19.3. The topological polar surface area (TPSA) is 78.2 Å². The molecule has 1 aliphatic heterocycles. The van der Waals surface area contributed by atoms with Gasteiger partial charge in [0.2, 0.25) is 5.91 Å². The molecule has 8 heteroatoms. The second kappa shape index (κ2) is 8.94. The maximum Gasteiger partial charge on any atom is 0.346 e. The lowest BCUT2D eigenvalue weighted by molar-refractivity contribution is -0.124. The second-order valence-corrected chi connectivity index (χ2v) is 6.76. The molecule has 1 atom stereocenters. The van der Waals surface area contributed by atoms with E-state index in [0.29, 0.717) is 37.4 Å². The van der Waals surface area contributed by atoms with Gasteiger partial charge in [-0.25, -0.2) is 13.9 Å². The van der Waals surface area contributed by atoms with Crippen molar-refractivity contribution in [1.82, 2.24) is 19.7 Å². The molecular formula is C19H25FN4O3. The highest BCUT2D eigenvalue weighted by molar-refractivity contribution is 5.80. The molecule has 0 saturated carbocycles. The summed E-state index contributed by atoms with van der Waals surface area (Å²) in [5.74, 6) is 0.0993. The Labute approximate surface area is 157 Å². The van der Waals surface area contributed by atoms with Crippen LogP contribution >= 0.6 is 0 Å². The van der Waals surface area contributed by atoms with Crippen molar-refractivity contribution < 1.29 is 13.9 Å². The second-order valence-electron chi connectivity index (χ2n) is 6.76. The van der Waals surface area contributed by atoms with E-state index in [-0.39, 0.29) is 24.0 Å². The number of aryl methyl sites for hydroxylation is 1. The number of nitrogens with zero attached hydrogens (tertiary/aromatic N) is 3. The third kappa shape index (κ3) is 4.63. The largest absolute Gasteiger partial charge is 0.385 e. The van der Waals surface area contributed by atoms with Gasteiger partial charge >= 0.3 is 5.69 Å². The van der Waals surface area contributed by atoms with E-state index in [4.69, 9.17) is 4.74 Å². The number of methoxy groups -OCH3 is 1. The van der Waals surface area contributed by atoms with Crippen LogP contribution in [0.4, 0.5) is 4.39 Å². The van der Waals surface area contributed by atoms with Gasteiger partial charge in [-0.3, -0.25) is 9.36 Å². The zero-order valence-electron chi connectivity index (χ0n) is 15.5. The fourth-order valence-corrected chi connectivity index (χ4v) is 3.40. The molecule has 1 aromatic carbocycles. The van der Waals surface area contributed by atoms with Crippen molar-refractivity contribution in [2.75, 3.05) is 20.3 Å². The monoisotopic (exact) mass is 376 g/mol. The Kier molecular flexibility index (Phi) is 6.39. The van der Waals surface area contributed by atoms with Crippen LogP contribution in [0.2, 0.25) is 0 Å². The highest BCUT2D eigenvalue weighted by Crippen LogP contribution is 2.21. The Balaban J connectivity index is 1.82. The Morgan fingerprint density at radius 2 is 2.26 bits per heavy atom. The van der Waals surface area contributed by atoms with Crippen molar-refractivity contribution in [2.45, 2.75) is 44.7 Å². The van der Waals surface area contributed by atoms with Crippen LogP contribution in [-0.2, 0) is 22.5 Å². The molecule has 1 aliphatic rings. The SMILES string of the molecule is COCCCNC(=O)[C@@H]1CCCCc2nn(Cc3cccc(F)c3)c(=O)n21. The summed E-state index contributed by atoms with van der Waals surface area (Å²) >= 11 is 0. The molecule has 27 heavy (non-hydrogen) atoms. The number of carbonyl (C=O) groups excluding carboxylic acids is 1. The third-order valence-corrected chi connectivity index (χ3v) is 4.73. The summed E-state index contributed by atoms with van der Waals surface area (Å²) in [6, 6.07) is 5.54. The number of halogens is 1. The fourth-order valence-electron chi connectivity index (χ4n) is 3.40. The minimum Gasteiger partial charge on any atom is -0.385 e. The van der Waals surface area contributed by atoms with E-state index in [2.05, 4.69) is 10.4 Å². The molecule has 0 saturated heterocycles. The highest BCUT2D eigenvalue weighted by atomic mass is 19.1. The van der Waals surface area contributed by atoms with Crippen molar-refractivity contribution in [3.05, 3.63) is 52.0 Å². The van der Waals surface area contributed by atoms with Crippen molar-refractivity contribution in [3.8, 4) is 0 Å². The van der Waals surface area contributed by atoms with E-state index >= 15 is 0 Å². The van der Waals surface area contributed by atoms with E-state index < -0.39 is 6.04 Å². The summed E-state index contributed by atoms with van der Waals surface area (Å²) in [7, 11) is 1.62. The van der Waals surface area contributed by atoms with Crippen LogP contribution in [0.3, 0.4) is 0 Å². The molecule has 7 nitrogen and oxygen atoms in total. The summed E-state index contributed by atoms with van der Waals surface area (Å²) in [6.07, 6.45) is 3.72. The van der Waals surface area contributed by atoms with Crippen molar-refractivity contribution in [1.29, 1.82) is 0 Å². The van der Waals surface area contributed by atoms with Crippen LogP contribution in [0.5, 0.6) is 0 Å². The summed E-state index contributed by atoms with van der Waals surface area (Å²) in [6.45, 7) is 1.26. The zero-order valence-corrected chi connectivity index (χ0v) is 15.5. The fraction of sp³-hybridized carbons (Fsp3) is 0.526. The van der Waals surface area contributed by atoms with Gasteiger partial charge in [-0.1, -0.05) is 18.6 Å². The molecular weight excluding hydrogens is 351 g/mol. The number of carbonyl (C=O) groups is 1.